The molecule has 4 aromatic rings. The molecule has 0 fully saturated rings. The van der Waals surface area contributed by atoms with E-state index in [2.05, 4.69) is 15.3 Å². The van der Waals surface area contributed by atoms with Gasteiger partial charge in [-0.1, -0.05) is 12.1 Å². The fourth-order valence-corrected chi connectivity index (χ4v) is 3.04. The maximum atomic E-state index is 13.4. The molecule has 0 spiro atoms. The van der Waals surface area contributed by atoms with Gasteiger partial charge in [-0.3, -0.25) is 9.78 Å². The molecule has 5 nitrogen and oxygen atoms in total. The third-order valence-electron chi connectivity index (χ3n) is 4.36. The second-order valence-corrected chi connectivity index (χ2v) is 6.65. The number of pyridine rings is 1. The zero-order valence-electron chi connectivity index (χ0n) is 15.2. The van der Waals surface area contributed by atoms with Gasteiger partial charge in [0.05, 0.1) is 0 Å². The molecule has 28 heavy (non-hydrogen) atoms. The highest BCUT2D eigenvalue weighted by Crippen LogP contribution is 2.25. The quantitative estimate of drug-likeness (QED) is 0.562. The number of aromatic nitrogens is 2. The molecular weight excluding hydrogens is 357 g/mol. The van der Waals surface area contributed by atoms with Crippen LogP contribution in [0.15, 0.2) is 71.4 Å². The van der Waals surface area contributed by atoms with Gasteiger partial charge in [-0.15, -0.1) is 0 Å². The van der Waals surface area contributed by atoms with Crippen molar-refractivity contribution in [2.24, 2.45) is 0 Å². The summed E-state index contributed by atoms with van der Waals surface area (Å²) in [6, 6.07) is 14.9. The zero-order chi connectivity index (χ0) is 19.5. The zero-order valence-corrected chi connectivity index (χ0v) is 15.2. The Hall–Kier alpha value is -3.54. The van der Waals surface area contributed by atoms with Gasteiger partial charge in [-0.05, 0) is 61.4 Å². The summed E-state index contributed by atoms with van der Waals surface area (Å²) >= 11 is 0. The molecule has 0 aliphatic rings. The van der Waals surface area contributed by atoms with Crippen LogP contribution in [0.1, 0.15) is 22.8 Å². The summed E-state index contributed by atoms with van der Waals surface area (Å²) in [5, 5.41) is 2.98. The molecule has 4 rings (SSSR count). The van der Waals surface area contributed by atoms with Gasteiger partial charge in [0.15, 0.2) is 5.58 Å². The second kappa shape index (κ2) is 7.60. The van der Waals surface area contributed by atoms with Crippen molar-refractivity contribution >= 4 is 17.0 Å². The van der Waals surface area contributed by atoms with Crippen LogP contribution in [-0.4, -0.2) is 21.9 Å². The Kier molecular flexibility index (Phi) is 4.85. The van der Waals surface area contributed by atoms with Gasteiger partial charge < -0.3 is 9.73 Å². The van der Waals surface area contributed by atoms with Crippen molar-refractivity contribution in [3.8, 4) is 11.5 Å². The third kappa shape index (κ3) is 3.91. The minimum absolute atomic E-state index is 0.0486. The first kappa shape index (κ1) is 17.9. The van der Waals surface area contributed by atoms with Crippen LogP contribution in [0.4, 0.5) is 4.39 Å². The van der Waals surface area contributed by atoms with Crippen molar-refractivity contribution in [1.29, 1.82) is 0 Å². The Bertz CT molecular complexity index is 1130. The molecular formula is C22H18FN3O2. The first-order chi connectivity index (χ1) is 13.6. The Morgan fingerprint density at radius 3 is 2.86 bits per heavy atom. The maximum Gasteiger partial charge on any atom is 0.251 e. The fraction of sp³-hybridized carbons (Fsp3) is 0.136. The van der Waals surface area contributed by atoms with Crippen LogP contribution >= 0.6 is 0 Å². The predicted octanol–water partition coefficient (Wildman–Crippen LogP) is 4.39. The fourth-order valence-electron chi connectivity index (χ4n) is 3.04. The van der Waals surface area contributed by atoms with E-state index in [9.17, 15) is 9.18 Å². The van der Waals surface area contributed by atoms with Gasteiger partial charge in [0.2, 0.25) is 5.89 Å². The van der Waals surface area contributed by atoms with Crippen molar-refractivity contribution in [2.75, 3.05) is 0 Å². The number of nitrogens with one attached hydrogen (secondary N) is 1. The molecule has 1 N–H and O–H groups in total. The molecule has 1 atom stereocenters. The minimum atomic E-state index is -0.359. The molecule has 0 aliphatic heterocycles. The first-order valence-electron chi connectivity index (χ1n) is 8.95. The lowest BCUT2D eigenvalue weighted by Crippen LogP contribution is -2.34. The van der Waals surface area contributed by atoms with Crippen LogP contribution in [0.25, 0.3) is 22.6 Å². The largest absolute Gasteiger partial charge is 0.436 e. The maximum absolute atomic E-state index is 13.4. The summed E-state index contributed by atoms with van der Waals surface area (Å²) < 4.78 is 19.1. The van der Waals surface area contributed by atoms with Crippen molar-refractivity contribution in [3.05, 3.63) is 83.9 Å². The average molecular weight is 375 g/mol. The molecule has 0 bridgehead atoms. The number of carbonyl (C=O) groups is 1. The van der Waals surface area contributed by atoms with Crippen LogP contribution in [-0.2, 0) is 6.42 Å². The van der Waals surface area contributed by atoms with Crippen LogP contribution < -0.4 is 5.32 Å². The van der Waals surface area contributed by atoms with Gasteiger partial charge in [0.25, 0.3) is 5.91 Å². The van der Waals surface area contributed by atoms with Gasteiger partial charge in [0, 0.05) is 29.6 Å². The monoisotopic (exact) mass is 375 g/mol. The number of rotatable bonds is 5. The van der Waals surface area contributed by atoms with Crippen molar-refractivity contribution in [2.45, 2.75) is 19.4 Å². The summed E-state index contributed by atoms with van der Waals surface area (Å²) in [5.41, 5.74) is 3.19. The van der Waals surface area contributed by atoms with Gasteiger partial charge >= 0.3 is 0 Å². The number of hydrogen-bond donors (Lipinski definition) is 1. The number of halogens is 1. The number of benzene rings is 2. The lowest BCUT2D eigenvalue weighted by molar-refractivity contribution is 0.0940. The van der Waals surface area contributed by atoms with Crippen LogP contribution in [0, 0.1) is 5.82 Å². The molecule has 0 unspecified atom stereocenters. The molecule has 2 aromatic heterocycles. The minimum Gasteiger partial charge on any atom is -0.436 e. The van der Waals surface area contributed by atoms with E-state index in [1.165, 1.54) is 12.1 Å². The number of oxazole rings is 1. The lowest BCUT2D eigenvalue weighted by Gasteiger charge is -2.13. The van der Waals surface area contributed by atoms with Crippen LogP contribution in [0.5, 0.6) is 0 Å². The molecule has 0 aliphatic carbocycles. The molecule has 6 heteroatoms. The highest BCUT2D eigenvalue weighted by molar-refractivity contribution is 5.97. The summed E-state index contributed by atoms with van der Waals surface area (Å²) in [6.07, 6.45) is 4.20. The van der Waals surface area contributed by atoms with E-state index in [0.29, 0.717) is 34.5 Å². The Morgan fingerprint density at radius 2 is 2.07 bits per heavy atom. The molecule has 2 heterocycles. The van der Waals surface area contributed by atoms with E-state index in [0.717, 1.165) is 5.56 Å². The summed E-state index contributed by atoms with van der Waals surface area (Å²) in [7, 11) is 0. The van der Waals surface area contributed by atoms with Crippen molar-refractivity contribution in [3.63, 3.8) is 0 Å². The number of amides is 1. The average Bonchev–Trinajstić information content (AvgIpc) is 3.12. The van der Waals surface area contributed by atoms with Gasteiger partial charge in [0.1, 0.15) is 11.3 Å². The van der Waals surface area contributed by atoms with E-state index in [1.54, 1.807) is 42.7 Å². The Morgan fingerprint density at radius 1 is 1.18 bits per heavy atom. The molecule has 2 aromatic carbocycles. The molecule has 140 valence electrons. The highest BCUT2D eigenvalue weighted by atomic mass is 19.1. The van der Waals surface area contributed by atoms with Gasteiger partial charge in [-0.25, -0.2) is 9.37 Å². The van der Waals surface area contributed by atoms with E-state index in [4.69, 9.17) is 4.42 Å². The van der Waals surface area contributed by atoms with Crippen LogP contribution in [0.2, 0.25) is 0 Å². The smallest absolute Gasteiger partial charge is 0.251 e. The summed E-state index contributed by atoms with van der Waals surface area (Å²) in [5.74, 6) is -0.229. The van der Waals surface area contributed by atoms with E-state index >= 15 is 0 Å². The second-order valence-electron chi connectivity index (χ2n) is 6.65. The van der Waals surface area contributed by atoms with E-state index < -0.39 is 0 Å². The highest BCUT2D eigenvalue weighted by Gasteiger charge is 2.14. The normalized spacial score (nSPS) is 12.1. The van der Waals surface area contributed by atoms with Crippen molar-refractivity contribution < 1.29 is 13.6 Å². The Balaban J connectivity index is 1.51. The predicted molar refractivity (Wildman–Crippen MR) is 104 cm³/mol. The van der Waals surface area contributed by atoms with Gasteiger partial charge in [-0.2, -0.15) is 0 Å². The van der Waals surface area contributed by atoms with Crippen LogP contribution in [0.3, 0.4) is 0 Å². The SMILES string of the molecule is C[C@@H](Cc1cccnc1)NC(=O)c1ccc2oc(-c3cccc(F)c3)nc2c1. The molecule has 1 amide bonds. The van der Waals surface area contributed by atoms with E-state index in [-0.39, 0.29) is 17.8 Å². The van der Waals surface area contributed by atoms with Crippen molar-refractivity contribution in [1.82, 2.24) is 15.3 Å². The Labute approximate surface area is 161 Å². The number of hydrogen-bond acceptors (Lipinski definition) is 4. The first-order valence-corrected chi connectivity index (χ1v) is 8.95. The standard InChI is InChI=1S/C22H18FN3O2/c1-14(10-15-4-3-9-24-13-15)25-21(27)16-7-8-20-19(12-16)26-22(28-20)17-5-2-6-18(23)11-17/h2-9,11-14H,10H2,1H3,(H,25,27)/t14-/m0/s1. The number of carbonyl (C=O) groups excluding carboxylic acids is 1. The molecule has 0 saturated carbocycles. The summed E-state index contributed by atoms with van der Waals surface area (Å²) in [4.78, 5) is 21.1. The number of fused-ring (bicyclic) bond motifs is 1. The molecule has 0 radical (unpaired) electrons. The number of nitrogens with zero attached hydrogens (tertiary/aromatic N) is 2. The third-order valence-corrected chi connectivity index (χ3v) is 4.36. The topological polar surface area (TPSA) is 68.0 Å². The molecule has 0 saturated heterocycles. The lowest BCUT2D eigenvalue weighted by atomic mass is 10.1. The van der Waals surface area contributed by atoms with E-state index in [1.807, 2.05) is 19.1 Å². The summed E-state index contributed by atoms with van der Waals surface area (Å²) in [6.45, 7) is 1.95.